The molecule has 2 aliphatic rings. The number of morpholine rings is 1. The van der Waals surface area contributed by atoms with Gasteiger partial charge in [0.25, 0.3) is 5.91 Å². The van der Waals surface area contributed by atoms with E-state index in [1.807, 2.05) is 12.1 Å². The average molecular weight is 417 g/mol. The highest BCUT2D eigenvalue weighted by molar-refractivity contribution is 6.32. The van der Waals surface area contributed by atoms with Crippen molar-refractivity contribution in [2.75, 3.05) is 32.8 Å². The minimum absolute atomic E-state index is 0. The van der Waals surface area contributed by atoms with E-state index in [1.54, 1.807) is 19.1 Å². The number of nitrogens with zero attached hydrogens (tertiary/aromatic N) is 1. The molecule has 1 aliphatic heterocycles. The monoisotopic (exact) mass is 416 g/mol. The van der Waals surface area contributed by atoms with E-state index >= 15 is 0 Å². The van der Waals surface area contributed by atoms with Gasteiger partial charge in [-0.3, -0.25) is 9.69 Å². The van der Waals surface area contributed by atoms with Crippen LogP contribution in [0.25, 0.3) is 0 Å². The molecule has 0 bridgehead atoms. The fourth-order valence-electron chi connectivity index (χ4n) is 4.03. The summed E-state index contributed by atoms with van der Waals surface area (Å²) in [5, 5.41) is 3.66. The first-order valence-electron chi connectivity index (χ1n) is 9.62. The van der Waals surface area contributed by atoms with Crippen LogP contribution in [0.5, 0.6) is 5.75 Å². The van der Waals surface area contributed by atoms with Crippen molar-refractivity contribution in [3.05, 3.63) is 29.3 Å². The summed E-state index contributed by atoms with van der Waals surface area (Å²) in [5.74, 6) is 0.445. The first-order chi connectivity index (χ1) is 12.6. The van der Waals surface area contributed by atoms with Gasteiger partial charge in [-0.25, -0.2) is 0 Å². The van der Waals surface area contributed by atoms with Gasteiger partial charge in [-0.2, -0.15) is 0 Å². The van der Waals surface area contributed by atoms with Crippen LogP contribution in [-0.2, 0) is 9.53 Å². The zero-order valence-electron chi connectivity index (χ0n) is 15.9. The van der Waals surface area contributed by atoms with Gasteiger partial charge in [-0.15, -0.1) is 12.4 Å². The summed E-state index contributed by atoms with van der Waals surface area (Å²) >= 11 is 6.12. The molecule has 1 amide bonds. The van der Waals surface area contributed by atoms with E-state index < -0.39 is 6.10 Å². The number of benzene rings is 1. The third-order valence-electron chi connectivity index (χ3n) is 5.57. The first kappa shape index (κ1) is 22.3. The number of nitrogens with one attached hydrogen (secondary N) is 1. The van der Waals surface area contributed by atoms with Crippen molar-refractivity contribution < 1.29 is 14.3 Å². The van der Waals surface area contributed by atoms with Gasteiger partial charge in [0.2, 0.25) is 0 Å². The fraction of sp³-hybridized carbons (Fsp3) is 0.650. The second kappa shape index (κ2) is 10.5. The Morgan fingerprint density at radius 3 is 2.59 bits per heavy atom. The number of carbonyl (C=O) groups excluding carboxylic acids is 1. The van der Waals surface area contributed by atoms with E-state index in [-0.39, 0.29) is 23.9 Å². The number of halogens is 2. The number of para-hydroxylation sites is 1. The maximum absolute atomic E-state index is 12.6. The molecule has 0 radical (unpaired) electrons. The van der Waals surface area contributed by atoms with E-state index in [2.05, 4.69) is 10.2 Å². The molecule has 0 aromatic heterocycles. The van der Waals surface area contributed by atoms with Crippen LogP contribution in [0.3, 0.4) is 0 Å². The lowest BCUT2D eigenvalue weighted by atomic mass is 9.79. The smallest absolute Gasteiger partial charge is 0.260 e. The second-order valence-electron chi connectivity index (χ2n) is 7.29. The van der Waals surface area contributed by atoms with Crippen molar-refractivity contribution >= 4 is 29.9 Å². The van der Waals surface area contributed by atoms with Crippen molar-refractivity contribution in [1.82, 2.24) is 10.2 Å². The third kappa shape index (κ3) is 5.74. The Hall–Kier alpha value is -1.01. The van der Waals surface area contributed by atoms with Crippen LogP contribution < -0.4 is 10.1 Å². The summed E-state index contributed by atoms with van der Waals surface area (Å²) in [4.78, 5) is 15.1. The molecule has 1 saturated carbocycles. The SMILES string of the molecule is CC(Oc1ccccc1Cl)C(=O)NCC1(N2CCOCC2)CCCCC1.Cl. The van der Waals surface area contributed by atoms with Crippen LogP contribution >= 0.6 is 24.0 Å². The summed E-state index contributed by atoms with van der Waals surface area (Å²) in [6.45, 7) is 5.88. The quantitative estimate of drug-likeness (QED) is 0.767. The molecular weight excluding hydrogens is 387 g/mol. The molecule has 1 unspecified atom stereocenters. The molecule has 1 aromatic rings. The van der Waals surface area contributed by atoms with Crippen LogP contribution in [0.2, 0.25) is 5.02 Å². The van der Waals surface area contributed by atoms with E-state index in [0.717, 1.165) is 39.1 Å². The lowest BCUT2D eigenvalue weighted by Crippen LogP contribution is -2.60. The molecule has 3 rings (SSSR count). The second-order valence-corrected chi connectivity index (χ2v) is 7.70. The summed E-state index contributed by atoms with van der Waals surface area (Å²) in [6, 6.07) is 7.23. The predicted molar refractivity (Wildman–Crippen MR) is 110 cm³/mol. The van der Waals surface area contributed by atoms with E-state index in [0.29, 0.717) is 17.3 Å². The molecule has 1 atom stereocenters. The molecule has 1 heterocycles. The summed E-state index contributed by atoms with van der Waals surface area (Å²) in [7, 11) is 0. The number of hydrogen-bond donors (Lipinski definition) is 1. The minimum Gasteiger partial charge on any atom is -0.479 e. The van der Waals surface area contributed by atoms with Crippen molar-refractivity contribution in [2.45, 2.75) is 50.7 Å². The molecular formula is C20H30Cl2N2O3. The summed E-state index contributed by atoms with van der Waals surface area (Å²) in [5.41, 5.74) is 0.0573. The largest absolute Gasteiger partial charge is 0.479 e. The number of ether oxygens (including phenoxy) is 2. The number of hydrogen-bond acceptors (Lipinski definition) is 4. The maximum Gasteiger partial charge on any atom is 0.260 e. The maximum atomic E-state index is 12.6. The standard InChI is InChI=1S/C20H29ClN2O3.ClH/c1-16(26-18-8-4-3-7-17(18)21)19(24)22-15-20(9-5-2-6-10-20)23-11-13-25-14-12-23;/h3-4,7-8,16H,2,5-6,9-15H2,1H3,(H,22,24);1H. The van der Waals surface area contributed by atoms with Gasteiger partial charge in [0.05, 0.1) is 18.2 Å². The first-order valence-corrected chi connectivity index (χ1v) is 10.0. The lowest BCUT2D eigenvalue weighted by molar-refractivity contribution is -0.128. The highest BCUT2D eigenvalue weighted by atomic mass is 35.5. The van der Waals surface area contributed by atoms with E-state index in [4.69, 9.17) is 21.1 Å². The van der Waals surface area contributed by atoms with Crippen molar-refractivity contribution in [2.24, 2.45) is 0 Å². The van der Waals surface area contributed by atoms with E-state index in [9.17, 15) is 4.79 Å². The van der Waals surface area contributed by atoms with Crippen LogP contribution in [-0.4, -0.2) is 55.3 Å². The molecule has 1 aromatic carbocycles. The molecule has 2 fully saturated rings. The average Bonchev–Trinajstić information content (AvgIpc) is 2.69. The lowest BCUT2D eigenvalue weighted by Gasteiger charge is -2.48. The van der Waals surface area contributed by atoms with Crippen LogP contribution in [0.1, 0.15) is 39.0 Å². The predicted octanol–water partition coefficient (Wildman–Crippen LogP) is 3.68. The topological polar surface area (TPSA) is 50.8 Å². The molecule has 27 heavy (non-hydrogen) atoms. The Bertz CT molecular complexity index is 603. The number of carbonyl (C=O) groups is 1. The molecule has 152 valence electrons. The summed E-state index contributed by atoms with van der Waals surface area (Å²) in [6.07, 6.45) is 5.41. The molecule has 1 saturated heterocycles. The Morgan fingerprint density at radius 2 is 1.93 bits per heavy atom. The molecule has 7 heteroatoms. The third-order valence-corrected chi connectivity index (χ3v) is 5.88. The normalized spacial score (nSPS) is 21.0. The number of rotatable bonds is 6. The van der Waals surface area contributed by atoms with Crippen molar-refractivity contribution in [1.29, 1.82) is 0 Å². The highest BCUT2D eigenvalue weighted by Gasteiger charge is 2.39. The molecule has 0 spiro atoms. The molecule has 1 N–H and O–H groups in total. The van der Waals surface area contributed by atoms with E-state index in [1.165, 1.54) is 19.3 Å². The Labute approximate surface area is 173 Å². The fourth-order valence-corrected chi connectivity index (χ4v) is 4.21. The Kier molecular flexibility index (Phi) is 8.67. The Balaban J connectivity index is 0.00000261. The van der Waals surface area contributed by atoms with Crippen molar-refractivity contribution in [3.8, 4) is 5.75 Å². The summed E-state index contributed by atoms with van der Waals surface area (Å²) < 4.78 is 11.3. The minimum atomic E-state index is -0.583. The zero-order valence-corrected chi connectivity index (χ0v) is 17.5. The Morgan fingerprint density at radius 1 is 1.26 bits per heavy atom. The molecule has 1 aliphatic carbocycles. The van der Waals surface area contributed by atoms with Gasteiger partial charge in [0.1, 0.15) is 5.75 Å². The molecule has 5 nitrogen and oxygen atoms in total. The van der Waals surface area contributed by atoms with Gasteiger partial charge in [-0.1, -0.05) is 43.0 Å². The van der Waals surface area contributed by atoms with Crippen LogP contribution in [0.4, 0.5) is 0 Å². The van der Waals surface area contributed by atoms with Gasteiger partial charge in [0, 0.05) is 25.2 Å². The number of amides is 1. The highest BCUT2D eigenvalue weighted by Crippen LogP contribution is 2.34. The van der Waals surface area contributed by atoms with Crippen LogP contribution in [0.15, 0.2) is 24.3 Å². The van der Waals surface area contributed by atoms with Crippen LogP contribution in [0, 0.1) is 0 Å². The zero-order chi connectivity index (χ0) is 18.4. The van der Waals surface area contributed by atoms with Gasteiger partial charge >= 0.3 is 0 Å². The van der Waals surface area contributed by atoms with Crippen molar-refractivity contribution in [3.63, 3.8) is 0 Å². The van der Waals surface area contributed by atoms with Gasteiger partial charge in [0.15, 0.2) is 6.10 Å². The van der Waals surface area contributed by atoms with Gasteiger partial charge < -0.3 is 14.8 Å². The van der Waals surface area contributed by atoms with Gasteiger partial charge in [-0.05, 0) is 31.9 Å².